The summed E-state index contributed by atoms with van der Waals surface area (Å²) >= 11 is 5.67. The van der Waals surface area contributed by atoms with Crippen molar-refractivity contribution in [1.82, 2.24) is 0 Å². The van der Waals surface area contributed by atoms with E-state index in [1.54, 1.807) is 12.1 Å². The third kappa shape index (κ3) is 2.91. The first kappa shape index (κ1) is 14.3. The van der Waals surface area contributed by atoms with Crippen LogP contribution in [0.1, 0.15) is 21.5 Å². The molecule has 0 atom stereocenters. The molecule has 0 unspecified atom stereocenters. The summed E-state index contributed by atoms with van der Waals surface area (Å²) in [6.07, 6.45) is 0. The molecular formula is C15H14ClFN2O. The quantitative estimate of drug-likeness (QED) is 0.824. The summed E-state index contributed by atoms with van der Waals surface area (Å²) in [6, 6.07) is 7.41. The van der Waals surface area contributed by atoms with Crippen molar-refractivity contribution in [2.45, 2.75) is 13.8 Å². The second-order valence-electron chi connectivity index (χ2n) is 4.61. The number of nitrogens with two attached hydrogens (primary N) is 1. The molecule has 0 aliphatic heterocycles. The van der Waals surface area contributed by atoms with Gasteiger partial charge in [0.05, 0.1) is 5.02 Å². The predicted molar refractivity (Wildman–Crippen MR) is 79.7 cm³/mol. The van der Waals surface area contributed by atoms with Crippen LogP contribution in [0.2, 0.25) is 5.02 Å². The van der Waals surface area contributed by atoms with Crippen molar-refractivity contribution in [2.24, 2.45) is 0 Å². The largest absolute Gasteiger partial charge is 0.399 e. The molecular weight excluding hydrogens is 279 g/mol. The molecule has 0 heterocycles. The number of benzene rings is 2. The molecule has 0 spiro atoms. The molecule has 0 radical (unpaired) electrons. The highest BCUT2D eigenvalue weighted by Gasteiger charge is 2.12. The van der Waals surface area contributed by atoms with Crippen molar-refractivity contribution >= 4 is 28.9 Å². The van der Waals surface area contributed by atoms with Gasteiger partial charge in [0.15, 0.2) is 0 Å². The molecule has 104 valence electrons. The van der Waals surface area contributed by atoms with Gasteiger partial charge in [-0.15, -0.1) is 0 Å². The monoisotopic (exact) mass is 292 g/mol. The van der Waals surface area contributed by atoms with E-state index in [4.69, 9.17) is 17.3 Å². The Labute approximate surface area is 121 Å². The number of nitrogen functional groups attached to an aromatic ring is 1. The number of carbonyl (C=O) groups is 1. The summed E-state index contributed by atoms with van der Waals surface area (Å²) < 4.78 is 13.1. The maximum Gasteiger partial charge on any atom is 0.255 e. The van der Waals surface area contributed by atoms with E-state index in [0.717, 1.165) is 11.1 Å². The van der Waals surface area contributed by atoms with Gasteiger partial charge in [0.1, 0.15) is 5.82 Å². The highest BCUT2D eigenvalue weighted by molar-refractivity contribution is 6.31. The summed E-state index contributed by atoms with van der Waals surface area (Å²) in [7, 11) is 0. The SMILES string of the molecule is Cc1cc(N)cc(C)c1NC(=O)c1ccc(F)c(Cl)c1. The van der Waals surface area contributed by atoms with Gasteiger partial charge in [-0.1, -0.05) is 11.6 Å². The van der Waals surface area contributed by atoms with Crippen molar-refractivity contribution in [1.29, 1.82) is 0 Å². The second kappa shape index (κ2) is 5.51. The number of hydrogen-bond donors (Lipinski definition) is 2. The molecule has 2 rings (SSSR count). The Bertz CT molecular complexity index is 663. The predicted octanol–water partition coefficient (Wildman–Crippen LogP) is 3.93. The summed E-state index contributed by atoms with van der Waals surface area (Å²) in [5.74, 6) is -0.897. The van der Waals surface area contributed by atoms with Crippen LogP contribution >= 0.6 is 11.6 Å². The first-order valence-corrected chi connectivity index (χ1v) is 6.39. The number of rotatable bonds is 2. The first-order valence-electron chi connectivity index (χ1n) is 6.01. The van der Waals surface area contributed by atoms with Gasteiger partial charge in [-0.2, -0.15) is 0 Å². The maximum atomic E-state index is 13.1. The van der Waals surface area contributed by atoms with Crippen LogP contribution in [0, 0.1) is 19.7 Å². The Morgan fingerprint density at radius 3 is 2.35 bits per heavy atom. The van der Waals surface area contributed by atoms with Gasteiger partial charge in [-0.25, -0.2) is 4.39 Å². The van der Waals surface area contributed by atoms with Gasteiger partial charge in [-0.05, 0) is 55.3 Å². The van der Waals surface area contributed by atoms with E-state index in [9.17, 15) is 9.18 Å². The number of amides is 1. The molecule has 0 saturated heterocycles. The summed E-state index contributed by atoms with van der Waals surface area (Å²) in [4.78, 5) is 12.1. The minimum Gasteiger partial charge on any atom is -0.399 e. The topological polar surface area (TPSA) is 55.1 Å². The van der Waals surface area contributed by atoms with Crippen LogP contribution in [-0.4, -0.2) is 5.91 Å². The summed E-state index contributed by atoms with van der Waals surface area (Å²) in [5, 5.41) is 2.71. The van der Waals surface area contributed by atoms with E-state index in [1.807, 2.05) is 13.8 Å². The lowest BCUT2D eigenvalue weighted by Crippen LogP contribution is -2.14. The van der Waals surface area contributed by atoms with E-state index < -0.39 is 5.82 Å². The number of carbonyl (C=O) groups excluding carboxylic acids is 1. The molecule has 3 nitrogen and oxygen atoms in total. The van der Waals surface area contributed by atoms with Gasteiger partial charge < -0.3 is 11.1 Å². The normalized spacial score (nSPS) is 10.4. The summed E-state index contributed by atoms with van der Waals surface area (Å²) in [6.45, 7) is 3.72. The smallest absolute Gasteiger partial charge is 0.255 e. The van der Waals surface area contributed by atoms with Crippen molar-refractivity contribution in [3.05, 3.63) is 57.9 Å². The van der Waals surface area contributed by atoms with Crippen LogP contribution in [0.4, 0.5) is 15.8 Å². The highest BCUT2D eigenvalue weighted by atomic mass is 35.5. The van der Waals surface area contributed by atoms with Crippen LogP contribution in [0.15, 0.2) is 30.3 Å². The van der Waals surface area contributed by atoms with Gasteiger partial charge >= 0.3 is 0 Å². The van der Waals surface area contributed by atoms with Crippen molar-refractivity contribution < 1.29 is 9.18 Å². The first-order chi connectivity index (χ1) is 9.38. The third-order valence-electron chi connectivity index (χ3n) is 2.98. The molecule has 0 bridgehead atoms. The molecule has 5 heteroatoms. The zero-order chi connectivity index (χ0) is 14.9. The van der Waals surface area contributed by atoms with Crippen molar-refractivity contribution in [2.75, 3.05) is 11.1 Å². The van der Waals surface area contributed by atoms with Gasteiger partial charge in [0.25, 0.3) is 5.91 Å². The zero-order valence-electron chi connectivity index (χ0n) is 11.1. The van der Waals surface area contributed by atoms with Crippen LogP contribution in [0.3, 0.4) is 0 Å². The third-order valence-corrected chi connectivity index (χ3v) is 3.26. The van der Waals surface area contributed by atoms with Crippen LogP contribution in [0.5, 0.6) is 0 Å². The number of aryl methyl sites for hydroxylation is 2. The molecule has 0 aliphatic rings. The van der Waals surface area contributed by atoms with E-state index in [1.165, 1.54) is 18.2 Å². The fourth-order valence-electron chi connectivity index (χ4n) is 2.02. The van der Waals surface area contributed by atoms with Crippen LogP contribution in [-0.2, 0) is 0 Å². The van der Waals surface area contributed by atoms with Crippen LogP contribution in [0.25, 0.3) is 0 Å². The Hall–Kier alpha value is -2.07. The maximum absolute atomic E-state index is 13.1. The zero-order valence-corrected chi connectivity index (χ0v) is 11.9. The van der Waals surface area contributed by atoms with Gasteiger partial charge in [0.2, 0.25) is 0 Å². The number of anilines is 2. The Morgan fingerprint density at radius 1 is 1.20 bits per heavy atom. The van der Waals surface area contributed by atoms with E-state index in [2.05, 4.69) is 5.32 Å². The average molecular weight is 293 g/mol. The molecule has 2 aromatic carbocycles. The Kier molecular flexibility index (Phi) is 3.95. The number of nitrogens with one attached hydrogen (secondary N) is 1. The molecule has 1 amide bonds. The lowest BCUT2D eigenvalue weighted by atomic mass is 10.1. The number of halogens is 2. The number of hydrogen-bond acceptors (Lipinski definition) is 2. The lowest BCUT2D eigenvalue weighted by molar-refractivity contribution is 0.102. The fraction of sp³-hybridized carbons (Fsp3) is 0.133. The summed E-state index contributed by atoms with van der Waals surface area (Å²) in [5.41, 5.74) is 9.10. The van der Waals surface area contributed by atoms with Gasteiger partial charge in [-0.3, -0.25) is 4.79 Å². The standard InChI is InChI=1S/C15H14ClFN2O/c1-8-5-11(18)6-9(2)14(8)19-15(20)10-3-4-13(17)12(16)7-10/h3-7H,18H2,1-2H3,(H,19,20). The van der Waals surface area contributed by atoms with Crippen LogP contribution < -0.4 is 11.1 Å². The van der Waals surface area contributed by atoms with E-state index >= 15 is 0 Å². The second-order valence-corrected chi connectivity index (χ2v) is 5.02. The van der Waals surface area contributed by atoms with Crippen molar-refractivity contribution in [3.63, 3.8) is 0 Å². The van der Waals surface area contributed by atoms with E-state index in [-0.39, 0.29) is 10.9 Å². The molecule has 20 heavy (non-hydrogen) atoms. The lowest BCUT2D eigenvalue weighted by Gasteiger charge is -2.13. The minimum atomic E-state index is -0.553. The molecule has 0 fully saturated rings. The molecule has 3 N–H and O–H groups in total. The fourth-order valence-corrected chi connectivity index (χ4v) is 2.20. The molecule has 0 aromatic heterocycles. The average Bonchev–Trinajstić information content (AvgIpc) is 2.36. The van der Waals surface area contributed by atoms with E-state index in [0.29, 0.717) is 16.9 Å². The Morgan fingerprint density at radius 2 is 1.80 bits per heavy atom. The molecule has 2 aromatic rings. The van der Waals surface area contributed by atoms with Gasteiger partial charge in [0, 0.05) is 16.9 Å². The molecule has 0 saturated carbocycles. The minimum absolute atomic E-state index is 0.0802. The highest BCUT2D eigenvalue weighted by Crippen LogP contribution is 2.24. The van der Waals surface area contributed by atoms with Crippen molar-refractivity contribution in [3.8, 4) is 0 Å². The Balaban J connectivity index is 2.30. The molecule has 0 aliphatic carbocycles.